The maximum Gasteiger partial charge on any atom is 0.102 e. The summed E-state index contributed by atoms with van der Waals surface area (Å²) in [7, 11) is 0. The third-order valence-corrected chi connectivity index (χ3v) is 6.99. The van der Waals surface area contributed by atoms with E-state index < -0.39 is 11.1 Å². The summed E-state index contributed by atoms with van der Waals surface area (Å²) in [6.07, 6.45) is -0.100. The van der Waals surface area contributed by atoms with Gasteiger partial charge in [0, 0.05) is 0 Å². The number of hydroxylamine groups is 2. The van der Waals surface area contributed by atoms with Gasteiger partial charge in [-0.1, -0.05) is 115 Å². The van der Waals surface area contributed by atoms with Crippen LogP contribution in [-0.4, -0.2) is 5.06 Å². The first-order valence-corrected chi connectivity index (χ1v) is 11.3. The van der Waals surface area contributed by atoms with Crippen LogP contribution in [0.3, 0.4) is 0 Å². The summed E-state index contributed by atoms with van der Waals surface area (Å²) in [4.78, 5) is 6.95. The highest BCUT2D eigenvalue weighted by Gasteiger charge is 2.57. The van der Waals surface area contributed by atoms with E-state index in [0.717, 1.165) is 5.56 Å². The molecule has 4 aromatic rings. The predicted molar refractivity (Wildman–Crippen MR) is 130 cm³/mol. The quantitative estimate of drug-likeness (QED) is 0.338. The van der Waals surface area contributed by atoms with Gasteiger partial charge >= 0.3 is 0 Å². The van der Waals surface area contributed by atoms with Crippen LogP contribution in [0, 0.1) is 0 Å². The van der Waals surface area contributed by atoms with E-state index in [1.807, 2.05) is 6.07 Å². The molecule has 0 amide bonds. The molecule has 0 aliphatic carbocycles. The van der Waals surface area contributed by atoms with Gasteiger partial charge in [0.2, 0.25) is 0 Å². The maximum atomic E-state index is 6.95. The summed E-state index contributed by atoms with van der Waals surface area (Å²) in [6, 6.07) is 40.6. The highest BCUT2D eigenvalue weighted by molar-refractivity contribution is 5.54. The summed E-state index contributed by atoms with van der Waals surface area (Å²) < 4.78 is 0. The smallest absolute Gasteiger partial charge is 0.102 e. The minimum absolute atomic E-state index is 0.100. The van der Waals surface area contributed by atoms with E-state index in [1.165, 1.54) is 22.3 Å². The van der Waals surface area contributed by atoms with Gasteiger partial charge in [-0.05, 0) is 48.6 Å². The van der Waals surface area contributed by atoms with Gasteiger partial charge in [-0.25, -0.2) is 0 Å². The molecule has 1 aliphatic rings. The first-order valence-electron chi connectivity index (χ1n) is 11.3. The highest BCUT2D eigenvalue weighted by atomic mass is 16.7. The lowest BCUT2D eigenvalue weighted by Gasteiger charge is -2.45. The normalized spacial score (nSPS) is 23.6. The molecule has 0 saturated carbocycles. The Morgan fingerprint density at radius 3 is 1.38 bits per heavy atom. The number of nitrogens with zero attached hydrogens (tertiary/aromatic N) is 1. The van der Waals surface area contributed by atoms with E-state index in [4.69, 9.17) is 4.84 Å². The molecule has 4 aromatic carbocycles. The van der Waals surface area contributed by atoms with Crippen molar-refractivity contribution < 1.29 is 4.84 Å². The molecule has 0 bridgehead atoms. The van der Waals surface area contributed by atoms with Crippen molar-refractivity contribution >= 4 is 0 Å². The largest absolute Gasteiger partial charge is 0.289 e. The zero-order chi connectivity index (χ0) is 22.2. The molecule has 2 nitrogen and oxygen atoms in total. The topological polar surface area (TPSA) is 12.5 Å². The van der Waals surface area contributed by atoms with Crippen molar-refractivity contribution in [1.29, 1.82) is 0 Å². The molecule has 1 aliphatic heterocycles. The molecule has 3 atom stereocenters. The van der Waals surface area contributed by atoms with Gasteiger partial charge < -0.3 is 0 Å². The van der Waals surface area contributed by atoms with E-state index in [9.17, 15) is 0 Å². The second kappa shape index (κ2) is 8.05. The van der Waals surface area contributed by atoms with Crippen molar-refractivity contribution in [3.63, 3.8) is 0 Å². The lowest BCUT2D eigenvalue weighted by Crippen LogP contribution is -2.49. The minimum Gasteiger partial charge on any atom is -0.289 e. The fourth-order valence-corrected chi connectivity index (χ4v) is 5.22. The van der Waals surface area contributed by atoms with Gasteiger partial charge in [-0.15, -0.1) is 0 Å². The van der Waals surface area contributed by atoms with Crippen LogP contribution in [0.5, 0.6) is 0 Å². The van der Waals surface area contributed by atoms with E-state index >= 15 is 0 Å². The first-order chi connectivity index (χ1) is 15.6. The molecule has 0 spiro atoms. The molecule has 0 saturated heterocycles. The molecule has 0 fully saturated rings. The summed E-state index contributed by atoms with van der Waals surface area (Å²) in [5, 5.41) is 2.24. The van der Waals surface area contributed by atoms with Gasteiger partial charge in [0.05, 0.1) is 11.1 Å². The van der Waals surface area contributed by atoms with Gasteiger partial charge in [0.25, 0.3) is 0 Å². The van der Waals surface area contributed by atoms with Gasteiger partial charge in [0.15, 0.2) is 0 Å². The molecule has 160 valence electrons. The Hall–Kier alpha value is -3.20. The molecule has 0 N–H and O–H groups in total. The second-order valence-electron chi connectivity index (χ2n) is 8.87. The van der Waals surface area contributed by atoms with E-state index in [2.05, 4.69) is 135 Å². The molecule has 0 radical (unpaired) electrons. The molecule has 32 heavy (non-hydrogen) atoms. The van der Waals surface area contributed by atoms with Gasteiger partial charge in [-0.2, -0.15) is 5.06 Å². The Labute approximate surface area is 191 Å². The Morgan fingerprint density at radius 1 is 0.562 bits per heavy atom. The summed E-state index contributed by atoms with van der Waals surface area (Å²) in [6.45, 7) is 6.70. The zero-order valence-corrected chi connectivity index (χ0v) is 18.9. The standard InChI is InChI=1S/C30H29NO/c1-23(24-15-7-4-8-16-24)32-31-29(2,25-17-9-5-10-18-25)27-21-13-14-22-28(27)30(31,3)26-19-11-6-12-20-26/h4-23H,1-3H3/t23?,29-,30-/m1/s1. The molecule has 1 heterocycles. The predicted octanol–water partition coefficient (Wildman–Crippen LogP) is 7.22. The van der Waals surface area contributed by atoms with Crippen LogP contribution in [0.4, 0.5) is 0 Å². The van der Waals surface area contributed by atoms with Crippen LogP contribution in [0.25, 0.3) is 0 Å². The number of benzene rings is 4. The van der Waals surface area contributed by atoms with Crippen LogP contribution in [0.2, 0.25) is 0 Å². The number of hydrogen-bond donors (Lipinski definition) is 0. The van der Waals surface area contributed by atoms with Crippen LogP contribution in [-0.2, 0) is 15.9 Å². The highest BCUT2D eigenvalue weighted by Crippen LogP contribution is 2.56. The van der Waals surface area contributed by atoms with Crippen molar-refractivity contribution in [1.82, 2.24) is 5.06 Å². The molecular formula is C30H29NO. The molecule has 5 rings (SSSR count). The first kappa shape index (κ1) is 20.7. The van der Waals surface area contributed by atoms with Crippen LogP contribution in [0.15, 0.2) is 115 Å². The van der Waals surface area contributed by atoms with E-state index in [0.29, 0.717) is 0 Å². The Morgan fingerprint density at radius 2 is 0.938 bits per heavy atom. The lowest BCUT2D eigenvalue weighted by atomic mass is 9.83. The summed E-state index contributed by atoms with van der Waals surface area (Å²) >= 11 is 0. The minimum atomic E-state index is -0.453. The summed E-state index contributed by atoms with van der Waals surface area (Å²) in [5.41, 5.74) is 5.24. The monoisotopic (exact) mass is 419 g/mol. The lowest BCUT2D eigenvalue weighted by molar-refractivity contribution is -0.276. The second-order valence-corrected chi connectivity index (χ2v) is 8.87. The Bertz CT molecular complexity index is 1120. The van der Waals surface area contributed by atoms with E-state index in [1.54, 1.807) is 0 Å². The third kappa shape index (κ3) is 3.10. The Balaban J connectivity index is 1.74. The Kier molecular flexibility index (Phi) is 5.21. The molecule has 1 unspecified atom stereocenters. The number of hydrogen-bond acceptors (Lipinski definition) is 2. The average Bonchev–Trinajstić information content (AvgIpc) is 3.06. The number of rotatable bonds is 5. The van der Waals surface area contributed by atoms with Gasteiger partial charge in [0.1, 0.15) is 6.10 Å². The van der Waals surface area contributed by atoms with Crippen molar-refractivity contribution in [2.75, 3.05) is 0 Å². The zero-order valence-electron chi connectivity index (χ0n) is 18.9. The fraction of sp³-hybridized carbons (Fsp3) is 0.200. The van der Waals surface area contributed by atoms with Crippen molar-refractivity contribution in [2.45, 2.75) is 38.0 Å². The van der Waals surface area contributed by atoms with Crippen LogP contribution >= 0.6 is 0 Å². The molecular weight excluding hydrogens is 390 g/mol. The SMILES string of the molecule is CC(ON1[C@](C)(c2ccccc2)c2ccccc2[C@@]1(C)c1ccccc1)c1ccccc1. The fourth-order valence-electron chi connectivity index (χ4n) is 5.22. The van der Waals surface area contributed by atoms with E-state index in [-0.39, 0.29) is 6.10 Å². The maximum absolute atomic E-state index is 6.95. The third-order valence-electron chi connectivity index (χ3n) is 6.99. The molecule has 2 heteroatoms. The van der Waals surface area contributed by atoms with Crippen LogP contribution < -0.4 is 0 Å². The van der Waals surface area contributed by atoms with Gasteiger partial charge in [-0.3, -0.25) is 4.84 Å². The van der Waals surface area contributed by atoms with Crippen molar-refractivity contribution in [2.24, 2.45) is 0 Å². The summed E-state index contributed by atoms with van der Waals surface area (Å²) in [5.74, 6) is 0. The molecule has 0 aromatic heterocycles. The van der Waals surface area contributed by atoms with Crippen molar-refractivity contribution in [3.8, 4) is 0 Å². The van der Waals surface area contributed by atoms with Crippen molar-refractivity contribution in [3.05, 3.63) is 143 Å². The van der Waals surface area contributed by atoms with Crippen LogP contribution in [0.1, 0.15) is 54.7 Å². The number of fused-ring (bicyclic) bond motifs is 1. The average molecular weight is 420 g/mol.